The van der Waals surface area contributed by atoms with Gasteiger partial charge in [-0.2, -0.15) is 0 Å². The first-order chi connectivity index (χ1) is 14.7. The molecule has 0 N–H and O–H groups in total. The highest BCUT2D eigenvalue weighted by atomic mass is 16.7. The molecule has 3 aliphatic heterocycles. The molecule has 0 saturated carbocycles. The van der Waals surface area contributed by atoms with Crippen LogP contribution in [0.5, 0.6) is 11.5 Å². The fraction of sp³-hybridized carbons (Fsp3) is 0.429. The van der Waals surface area contributed by atoms with Crippen molar-refractivity contribution >= 4 is 29.4 Å². The largest absolute Gasteiger partial charge is 0.497 e. The lowest BCUT2D eigenvalue weighted by molar-refractivity contribution is -0.226. The third-order valence-corrected chi connectivity index (χ3v) is 5.62. The number of ether oxygens (including phenoxy) is 5. The number of imide groups is 1. The molecule has 0 aliphatic carbocycles. The number of amides is 2. The van der Waals surface area contributed by atoms with Gasteiger partial charge < -0.3 is 23.7 Å². The van der Waals surface area contributed by atoms with Gasteiger partial charge in [0.1, 0.15) is 11.5 Å². The van der Waals surface area contributed by atoms with E-state index in [1.54, 1.807) is 18.2 Å². The van der Waals surface area contributed by atoms with Crippen molar-refractivity contribution in [1.29, 1.82) is 0 Å². The second-order valence-electron chi connectivity index (χ2n) is 7.40. The lowest BCUT2D eigenvalue weighted by Gasteiger charge is -2.34. The fourth-order valence-corrected chi connectivity index (χ4v) is 4.43. The molecule has 31 heavy (non-hydrogen) atoms. The summed E-state index contributed by atoms with van der Waals surface area (Å²) in [6.07, 6.45) is 0.866. The Morgan fingerprint density at radius 3 is 2.32 bits per heavy atom. The minimum Gasteiger partial charge on any atom is -0.497 e. The molecule has 2 bridgehead atoms. The molecule has 10 nitrogen and oxygen atoms in total. The first kappa shape index (κ1) is 20.9. The number of hydrogen-bond acceptors (Lipinski definition) is 9. The molecule has 0 radical (unpaired) electrons. The van der Waals surface area contributed by atoms with Gasteiger partial charge >= 0.3 is 11.9 Å². The Morgan fingerprint density at radius 2 is 1.74 bits per heavy atom. The zero-order chi connectivity index (χ0) is 22.5. The second kappa shape index (κ2) is 7.38. The molecule has 10 heteroatoms. The quantitative estimate of drug-likeness (QED) is 0.281. The molecule has 0 unspecified atom stereocenters. The topological polar surface area (TPSA) is 118 Å². The number of methoxy groups -OCH3 is 2. The van der Waals surface area contributed by atoms with E-state index in [9.17, 15) is 19.2 Å². The van der Waals surface area contributed by atoms with Gasteiger partial charge in [0.05, 0.1) is 37.8 Å². The normalized spacial score (nSPS) is 28.2. The van der Waals surface area contributed by atoms with E-state index in [0.717, 1.165) is 18.7 Å². The van der Waals surface area contributed by atoms with E-state index in [2.05, 4.69) is 0 Å². The predicted molar refractivity (Wildman–Crippen MR) is 103 cm³/mol. The van der Waals surface area contributed by atoms with Crippen molar-refractivity contribution in [2.75, 3.05) is 19.1 Å². The number of nitrogens with zero attached hydrogens (tertiary/aromatic N) is 1. The van der Waals surface area contributed by atoms with Gasteiger partial charge in [-0.25, -0.2) is 4.90 Å². The van der Waals surface area contributed by atoms with Gasteiger partial charge in [-0.1, -0.05) is 6.08 Å². The van der Waals surface area contributed by atoms with E-state index in [4.69, 9.17) is 23.7 Å². The van der Waals surface area contributed by atoms with Crippen LogP contribution in [-0.4, -0.2) is 56.0 Å². The first-order valence-electron chi connectivity index (χ1n) is 9.55. The number of anilines is 1. The molecule has 4 rings (SSSR count). The van der Waals surface area contributed by atoms with Gasteiger partial charge in [0, 0.05) is 19.9 Å². The van der Waals surface area contributed by atoms with Crippen LogP contribution >= 0.6 is 0 Å². The van der Waals surface area contributed by atoms with Gasteiger partial charge in [0.2, 0.25) is 11.8 Å². The molecular formula is C21H21NO9. The van der Waals surface area contributed by atoms with Crippen molar-refractivity contribution < 1.29 is 42.9 Å². The molecule has 2 fully saturated rings. The van der Waals surface area contributed by atoms with Crippen LogP contribution in [-0.2, 0) is 33.4 Å². The van der Waals surface area contributed by atoms with E-state index in [-0.39, 0.29) is 5.69 Å². The standard InChI is InChI=1S/C21H21NO9/c1-10(23)29-20(30-11(2)24)21-8-7-15(31-21)16-17(21)19(26)22(18(16)25)13-9-12(27-3)5-6-14(13)28-4/h5-9,15-17,20H,1-4H3/t15-,16-,17+,21-/m1/s1. The maximum absolute atomic E-state index is 13.6. The molecule has 0 spiro atoms. The third-order valence-electron chi connectivity index (χ3n) is 5.62. The summed E-state index contributed by atoms with van der Waals surface area (Å²) in [5.74, 6) is -3.75. The summed E-state index contributed by atoms with van der Waals surface area (Å²) in [6, 6.07) is 4.75. The lowest BCUT2D eigenvalue weighted by Crippen LogP contribution is -2.52. The van der Waals surface area contributed by atoms with Crippen molar-refractivity contribution in [3.8, 4) is 11.5 Å². The van der Waals surface area contributed by atoms with Crippen molar-refractivity contribution in [3.05, 3.63) is 30.4 Å². The summed E-state index contributed by atoms with van der Waals surface area (Å²) in [5.41, 5.74) is -1.39. The first-order valence-corrected chi connectivity index (χ1v) is 9.55. The summed E-state index contributed by atoms with van der Waals surface area (Å²) in [5, 5.41) is 0. The number of carbonyl (C=O) groups excluding carboxylic acids is 4. The fourth-order valence-electron chi connectivity index (χ4n) is 4.43. The molecule has 1 aromatic rings. The molecule has 1 aromatic carbocycles. The van der Waals surface area contributed by atoms with Crippen LogP contribution in [0.2, 0.25) is 0 Å². The molecule has 3 heterocycles. The number of fused-ring (bicyclic) bond motifs is 5. The van der Waals surface area contributed by atoms with Crippen LogP contribution < -0.4 is 14.4 Å². The van der Waals surface area contributed by atoms with E-state index in [1.165, 1.54) is 26.4 Å². The highest BCUT2D eigenvalue weighted by Gasteiger charge is 2.72. The predicted octanol–water partition coefficient (Wildman–Crippen LogP) is 0.969. The molecule has 3 aliphatic rings. The zero-order valence-corrected chi connectivity index (χ0v) is 17.3. The van der Waals surface area contributed by atoms with Crippen LogP contribution in [0.4, 0.5) is 5.69 Å². The van der Waals surface area contributed by atoms with Crippen LogP contribution in [0.25, 0.3) is 0 Å². The van der Waals surface area contributed by atoms with E-state index in [1.807, 2.05) is 0 Å². The molecule has 2 amide bonds. The van der Waals surface area contributed by atoms with E-state index >= 15 is 0 Å². The molecule has 0 aromatic heterocycles. The summed E-state index contributed by atoms with van der Waals surface area (Å²) >= 11 is 0. The van der Waals surface area contributed by atoms with Crippen molar-refractivity contribution in [2.45, 2.75) is 31.8 Å². The second-order valence-corrected chi connectivity index (χ2v) is 7.40. The number of hydrogen-bond donors (Lipinski definition) is 0. The zero-order valence-electron chi connectivity index (χ0n) is 17.3. The number of carbonyl (C=O) groups is 4. The maximum Gasteiger partial charge on any atom is 0.305 e. The van der Waals surface area contributed by atoms with Crippen LogP contribution in [0, 0.1) is 11.8 Å². The minimum atomic E-state index is -1.61. The van der Waals surface area contributed by atoms with Crippen LogP contribution in [0.3, 0.4) is 0 Å². The Bertz CT molecular complexity index is 987. The van der Waals surface area contributed by atoms with Gasteiger partial charge in [-0.05, 0) is 18.2 Å². The van der Waals surface area contributed by atoms with Gasteiger partial charge in [0.25, 0.3) is 6.29 Å². The molecule has 4 atom stereocenters. The van der Waals surface area contributed by atoms with Crippen LogP contribution in [0.15, 0.2) is 30.4 Å². The molecular weight excluding hydrogens is 410 g/mol. The van der Waals surface area contributed by atoms with Gasteiger partial charge in [0.15, 0.2) is 5.60 Å². The van der Waals surface area contributed by atoms with Crippen LogP contribution in [0.1, 0.15) is 13.8 Å². The average Bonchev–Trinajstić information content (AvgIpc) is 3.37. The van der Waals surface area contributed by atoms with Gasteiger partial charge in [-0.15, -0.1) is 0 Å². The lowest BCUT2D eigenvalue weighted by atomic mass is 9.76. The Balaban J connectivity index is 1.78. The summed E-state index contributed by atoms with van der Waals surface area (Å²) in [7, 11) is 2.88. The monoisotopic (exact) mass is 431 g/mol. The Labute approximate surface area is 177 Å². The number of esters is 2. The molecule has 2 saturated heterocycles. The number of benzene rings is 1. The highest BCUT2D eigenvalue weighted by Crippen LogP contribution is 2.55. The van der Waals surface area contributed by atoms with Crippen molar-refractivity contribution in [3.63, 3.8) is 0 Å². The highest BCUT2D eigenvalue weighted by molar-refractivity contribution is 6.24. The van der Waals surface area contributed by atoms with E-state index < -0.39 is 53.6 Å². The third kappa shape index (κ3) is 3.05. The summed E-state index contributed by atoms with van der Waals surface area (Å²) in [4.78, 5) is 51.2. The minimum absolute atomic E-state index is 0.220. The average molecular weight is 431 g/mol. The van der Waals surface area contributed by atoms with Gasteiger partial charge in [-0.3, -0.25) is 19.2 Å². The van der Waals surface area contributed by atoms with Crippen molar-refractivity contribution in [1.82, 2.24) is 0 Å². The maximum atomic E-state index is 13.6. The SMILES string of the molecule is COc1ccc(OC)c(N2C(=O)[C@H]3[C@@H](C2=O)[C@@]2(C(OC(C)=O)OC(C)=O)C=C[C@H]3O2)c1. The van der Waals surface area contributed by atoms with E-state index in [0.29, 0.717) is 11.5 Å². The number of rotatable bonds is 6. The van der Waals surface area contributed by atoms with Crippen molar-refractivity contribution in [2.24, 2.45) is 11.8 Å². The Kier molecular flexibility index (Phi) is 4.97. The smallest absolute Gasteiger partial charge is 0.305 e. The summed E-state index contributed by atoms with van der Waals surface area (Å²) in [6.45, 7) is 2.29. The Hall–Kier alpha value is -3.40. The Morgan fingerprint density at radius 1 is 1.06 bits per heavy atom. The summed E-state index contributed by atoms with van der Waals surface area (Å²) < 4.78 is 26.9. The molecule has 164 valence electrons.